The third kappa shape index (κ3) is 4.67. The van der Waals surface area contributed by atoms with Crippen molar-refractivity contribution in [1.82, 2.24) is 9.97 Å². The fraction of sp³-hybridized carbons (Fsp3) is 0.208. The Morgan fingerprint density at radius 3 is 2.48 bits per heavy atom. The Morgan fingerprint density at radius 2 is 1.77 bits per heavy atom. The first-order valence-electron chi connectivity index (χ1n) is 10.2. The van der Waals surface area contributed by atoms with Gasteiger partial charge >= 0.3 is 0 Å². The Balaban J connectivity index is 1.73. The first-order valence-corrected chi connectivity index (χ1v) is 11.0. The Bertz CT molecular complexity index is 1160. The minimum atomic E-state index is -0.147. The number of benzene rings is 2. The molecule has 0 saturated heterocycles. The molecular weight excluding hydrogens is 410 g/mol. The number of carbonyl (C=O) groups is 1. The average Bonchev–Trinajstić information content (AvgIpc) is 3.24. The van der Waals surface area contributed by atoms with Crippen LogP contribution in [0.4, 0.5) is 5.13 Å². The number of anilines is 1. The molecule has 0 atom stereocenters. The van der Waals surface area contributed by atoms with Gasteiger partial charge in [0.25, 0.3) is 5.91 Å². The van der Waals surface area contributed by atoms with Crippen molar-refractivity contribution in [1.29, 1.82) is 0 Å². The van der Waals surface area contributed by atoms with Crippen molar-refractivity contribution in [3.8, 4) is 11.5 Å². The van der Waals surface area contributed by atoms with E-state index in [1.165, 1.54) is 11.3 Å². The summed E-state index contributed by atoms with van der Waals surface area (Å²) in [5, 5.41) is 0.603. The van der Waals surface area contributed by atoms with E-state index < -0.39 is 0 Å². The zero-order valence-corrected chi connectivity index (χ0v) is 18.3. The lowest BCUT2D eigenvalue weighted by atomic mass is 10.2. The molecule has 31 heavy (non-hydrogen) atoms. The Hall–Kier alpha value is -3.45. The highest BCUT2D eigenvalue weighted by Gasteiger charge is 2.23. The number of aromatic nitrogens is 2. The second kappa shape index (κ2) is 9.57. The highest BCUT2D eigenvalue weighted by Crippen LogP contribution is 2.35. The lowest BCUT2D eigenvalue weighted by molar-refractivity contribution is 0.0984. The van der Waals surface area contributed by atoms with E-state index in [9.17, 15) is 4.79 Å². The van der Waals surface area contributed by atoms with Gasteiger partial charge in [-0.25, -0.2) is 4.98 Å². The van der Waals surface area contributed by atoms with Crippen LogP contribution in [0.5, 0.6) is 11.5 Å². The summed E-state index contributed by atoms with van der Waals surface area (Å²) in [5.41, 5.74) is 2.10. The van der Waals surface area contributed by atoms with Gasteiger partial charge in [0.1, 0.15) is 17.0 Å². The number of amides is 1. The smallest absolute Gasteiger partial charge is 0.260 e. The largest absolute Gasteiger partial charge is 0.494 e. The van der Waals surface area contributed by atoms with Crippen molar-refractivity contribution in [2.24, 2.45) is 0 Å². The number of para-hydroxylation sites is 1. The van der Waals surface area contributed by atoms with Gasteiger partial charge in [-0.1, -0.05) is 23.5 Å². The molecule has 0 saturated carbocycles. The average molecular weight is 434 g/mol. The number of nitrogens with zero attached hydrogens (tertiary/aromatic N) is 3. The minimum Gasteiger partial charge on any atom is -0.494 e. The molecule has 2 aromatic carbocycles. The molecule has 0 spiro atoms. The quantitative estimate of drug-likeness (QED) is 0.375. The van der Waals surface area contributed by atoms with Crippen LogP contribution in [-0.4, -0.2) is 29.1 Å². The molecule has 0 fully saturated rings. The number of hydrogen-bond donors (Lipinski definition) is 0. The van der Waals surface area contributed by atoms with Crippen molar-refractivity contribution in [3.05, 3.63) is 78.1 Å². The molecule has 0 N–H and O–H groups in total. The van der Waals surface area contributed by atoms with E-state index in [-0.39, 0.29) is 5.91 Å². The summed E-state index contributed by atoms with van der Waals surface area (Å²) in [6.45, 7) is 5.31. The van der Waals surface area contributed by atoms with Crippen molar-refractivity contribution < 1.29 is 14.3 Å². The molecular formula is C24H23N3O3S. The zero-order valence-electron chi connectivity index (χ0n) is 17.4. The van der Waals surface area contributed by atoms with Gasteiger partial charge in [-0.05, 0) is 62.4 Å². The zero-order chi connectivity index (χ0) is 21.6. The van der Waals surface area contributed by atoms with Crippen molar-refractivity contribution >= 4 is 32.6 Å². The number of rotatable bonds is 8. The van der Waals surface area contributed by atoms with E-state index in [0.717, 1.165) is 21.7 Å². The van der Waals surface area contributed by atoms with E-state index in [2.05, 4.69) is 4.98 Å². The monoisotopic (exact) mass is 433 g/mol. The summed E-state index contributed by atoms with van der Waals surface area (Å²) in [7, 11) is 0. The van der Waals surface area contributed by atoms with E-state index in [1.54, 1.807) is 35.4 Å². The number of carbonyl (C=O) groups excluding carboxylic acids is 1. The van der Waals surface area contributed by atoms with Gasteiger partial charge < -0.3 is 9.47 Å². The third-order valence-corrected chi connectivity index (χ3v) is 5.65. The highest BCUT2D eigenvalue weighted by molar-refractivity contribution is 7.22. The van der Waals surface area contributed by atoms with E-state index in [1.807, 2.05) is 50.2 Å². The van der Waals surface area contributed by atoms with Crippen LogP contribution in [0.3, 0.4) is 0 Å². The van der Waals surface area contributed by atoms with E-state index in [4.69, 9.17) is 14.5 Å². The molecule has 1 amide bonds. The summed E-state index contributed by atoms with van der Waals surface area (Å²) in [5.74, 6) is 1.30. The SMILES string of the molecule is CCOc1ccc(C(=O)N(Cc2ccccn2)c2nc3c(OCC)cccc3s2)cc1. The van der Waals surface area contributed by atoms with Gasteiger partial charge in [-0.3, -0.25) is 14.7 Å². The topological polar surface area (TPSA) is 64.5 Å². The van der Waals surface area contributed by atoms with Crippen molar-refractivity contribution in [2.75, 3.05) is 18.1 Å². The van der Waals surface area contributed by atoms with E-state index >= 15 is 0 Å². The van der Waals surface area contributed by atoms with Crippen molar-refractivity contribution in [2.45, 2.75) is 20.4 Å². The van der Waals surface area contributed by atoms with Crippen LogP contribution < -0.4 is 14.4 Å². The molecule has 4 rings (SSSR count). The fourth-order valence-electron chi connectivity index (χ4n) is 3.20. The van der Waals surface area contributed by atoms with E-state index in [0.29, 0.717) is 36.2 Å². The van der Waals surface area contributed by atoms with Gasteiger partial charge in [0.15, 0.2) is 5.13 Å². The van der Waals surface area contributed by atoms with Crippen LogP contribution in [0.1, 0.15) is 29.9 Å². The molecule has 158 valence electrons. The fourth-order valence-corrected chi connectivity index (χ4v) is 4.18. The number of pyridine rings is 1. The molecule has 2 aromatic heterocycles. The van der Waals surface area contributed by atoms with Crippen LogP contribution in [-0.2, 0) is 6.54 Å². The molecule has 0 aliphatic heterocycles. The van der Waals surface area contributed by atoms with Crippen LogP contribution in [0, 0.1) is 0 Å². The predicted molar refractivity (Wildman–Crippen MR) is 123 cm³/mol. The highest BCUT2D eigenvalue weighted by atomic mass is 32.1. The summed E-state index contributed by atoms with van der Waals surface area (Å²) in [6, 6.07) is 18.6. The third-order valence-electron chi connectivity index (χ3n) is 4.61. The van der Waals surface area contributed by atoms with Gasteiger partial charge in [-0.15, -0.1) is 0 Å². The second-order valence-corrected chi connectivity index (χ2v) is 7.71. The minimum absolute atomic E-state index is 0.147. The summed E-state index contributed by atoms with van der Waals surface area (Å²) in [4.78, 5) is 24.3. The molecule has 2 heterocycles. The van der Waals surface area contributed by atoms with Crippen LogP contribution in [0.2, 0.25) is 0 Å². The molecule has 0 aliphatic rings. The lowest BCUT2D eigenvalue weighted by Crippen LogP contribution is -2.30. The lowest BCUT2D eigenvalue weighted by Gasteiger charge is -2.19. The normalized spacial score (nSPS) is 10.8. The predicted octanol–water partition coefficient (Wildman–Crippen LogP) is 5.34. The summed E-state index contributed by atoms with van der Waals surface area (Å²) >= 11 is 1.46. The van der Waals surface area contributed by atoms with Gasteiger partial charge in [0.05, 0.1) is 30.2 Å². The van der Waals surface area contributed by atoms with Gasteiger partial charge in [0, 0.05) is 11.8 Å². The van der Waals surface area contributed by atoms with Crippen LogP contribution in [0.25, 0.3) is 10.2 Å². The molecule has 0 unspecified atom stereocenters. The number of thiazole rings is 1. The molecule has 6 nitrogen and oxygen atoms in total. The van der Waals surface area contributed by atoms with Crippen LogP contribution >= 0.6 is 11.3 Å². The van der Waals surface area contributed by atoms with Gasteiger partial charge in [0.2, 0.25) is 0 Å². The number of ether oxygens (including phenoxy) is 2. The first kappa shape index (κ1) is 20.8. The van der Waals surface area contributed by atoms with Crippen LogP contribution in [0.15, 0.2) is 66.9 Å². The number of fused-ring (bicyclic) bond motifs is 1. The summed E-state index contributed by atoms with van der Waals surface area (Å²) < 4.78 is 12.2. The summed E-state index contributed by atoms with van der Waals surface area (Å²) in [6.07, 6.45) is 1.72. The molecule has 4 aromatic rings. The Morgan fingerprint density at radius 1 is 0.968 bits per heavy atom. The van der Waals surface area contributed by atoms with Crippen molar-refractivity contribution in [3.63, 3.8) is 0 Å². The molecule has 7 heteroatoms. The maximum absolute atomic E-state index is 13.5. The number of hydrogen-bond acceptors (Lipinski definition) is 6. The standard InChI is InChI=1S/C24H23N3O3S/c1-3-29-19-13-11-17(12-14-19)23(28)27(16-18-8-5-6-15-25-18)24-26-22-20(30-4-2)9-7-10-21(22)31-24/h5-15H,3-4,16H2,1-2H3. The second-order valence-electron chi connectivity index (χ2n) is 6.70. The Labute approximate surface area is 185 Å². The molecule has 0 radical (unpaired) electrons. The van der Waals surface area contributed by atoms with Gasteiger partial charge in [-0.2, -0.15) is 0 Å². The maximum Gasteiger partial charge on any atom is 0.260 e. The first-order chi connectivity index (χ1) is 15.2. The molecule has 0 aliphatic carbocycles. The Kier molecular flexibility index (Phi) is 6.43. The maximum atomic E-state index is 13.5. The molecule has 0 bridgehead atoms.